The molecule has 1 aliphatic carbocycles. The fraction of sp³-hybridized carbons (Fsp3) is 0.467. The molecule has 20 heavy (non-hydrogen) atoms. The van der Waals surface area contributed by atoms with Gasteiger partial charge < -0.3 is 10.6 Å². The van der Waals surface area contributed by atoms with Crippen molar-refractivity contribution in [3.8, 4) is 0 Å². The van der Waals surface area contributed by atoms with Crippen LogP contribution in [-0.2, 0) is 4.79 Å². The summed E-state index contributed by atoms with van der Waals surface area (Å²) in [7, 11) is 0. The molecule has 0 radical (unpaired) electrons. The van der Waals surface area contributed by atoms with E-state index >= 15 is 0 Å². The Kier molecular flexibility index (Phi) is 4.70. The van der Waals surface area contributed by atoms with Crippen LogP contribution in [0.2, 0.25) is 0 Å². The highest BCUT2D eigenvalue weighted by molar-refractivity contribution is 7.80. The van der Waals surface area contributed by atoms with Gasteiger partial charge in [-0.05, 0) is 37.5 Å². The Morgan fingerprint density at radius 1 is 1.35 bits per heavy atom. The molecule has 2 rings (SSSR count). The lowest BCUT2D eigenvalue weighted by Gasteiger charge is -2.28. The van der Waals surface area contributed by atoms with Gasteiger partial charge in [0.25, 0.3) is 5.91 Å². The van der Waals surface area contributed by atoms with Crippen molar-refractivity contribution in [1.29, 1.82) is 0 Å². The summed E-state index contributed by atoms with van der Waals surface area (Å²) in [6, 6.07) is 5.59. The normalized spacial score (nSPS) is 15.3. The predicted molar refractivity (Wildman–Crippen MR) is 80.9 cm³/mol. The maximum Gasteiger partial charge on any atom is 0.254 e. The van der Waals surface area contributed by atoms with E-state index in [1.165, 1.54) is 0 Å². The molecule has 0 atom stereocenters. The van der Waals surface area contributed by atoms with E-state index in [9.17, 15) is 9.59 Å². The van der Waals surface area contributed by atoms with Crippen LogP contribution in [0.3, 0.4) is 0 Å². The summed E-state index contributed by atoms with van der Waals surface area (Å²) in [5.74, 6) is -0.589. The van der Waals surface area contributed by atoms with E-state index < -0.39 is 5.91 Å². The van der Waals surface area contributed by atoms with Crippen molar-refractivity contribution in [3.63, 3.8) is 0 Å². The first-order valence-electron chi connectivity index (χ1n) is 6.88. The number of amides is 2. The van der Waals surface area contributed by atoms with E-state index in [0.29, 0.717) is 5.56 Å². The second-order valence-corrected chi connectivity index (χ2v) is 5.85. The fourth-order valence-electron chi connectivity index (χ4n) is 2.75. The minimum atomic E-state index is -0.468. The number of benzene rings is 1. The van der Waals surface area contributed by atoms with Gasteiger partial charge in [0.05, 0.1) is 6.54 Å². The molecule has 1 aromatic carbocycles. The molecule has 2 amide bonds. The lowest BCUT2D eigenvalue weighted by atomic mass is 10.1. The molecule has 1 aromatic rings. The number of aryl methyl sites for hydroxylation is 1. The number of thiol groups is 1. The van der Waals surface area contributed by atoms with Crippen molar-refractivity contribution < 1.29 is 9.59 Å². The highest BCUT2D eigenvalue weighted by atomic mass is 32.1. The van der Waals surface area contributed by atoms with E-state index in [0.717, 1.165) is 36.1 Å². The molecule has 0 aliphatic heterocycles. The molecular weight excluding hydrogens is 272 g/mol. The van der Waals surface area contributed by atoms with Crippen molar-refractivity contribution in [3.05, 3.63) is 29.3 Å². The number of carbonyl (C=O) groups excluding carboxylic acids is 2. The Morgan fingerprint density at radius 3 is 2.60 bits per heavy atom. The third kappa shape index (κ3) is 3.33. The predicted octanol–water partition coefficient (Wildman–Crippen LogP) is 2.15. The molecule has 0 saturated heterocycles. The van der Waals surface area contributed by atoms with E-state index in [2.05, 4.69) is 12.6 Å². The zero-order valence-electron chi connectivity index (χ0n) is 11.6. The Morgan fingerprint density at radius 2 is 2.00 bits per heavy atom. The number of nitrogens with two attached hydrogens (primary N) is 1. The number of rotatable bonds is 4. The van der Waals surface area contributed by atoms with Crippen LogP contribution in [0.1, 0.15) is 41.6 Å². The SMILES string of the molecule is Cc1ccc(S)cc1C(=O)N(CC(N)=O)C1CCCC1. The zero-order chi connectivity index (χ0) is 14.7. The van der Waals surface area contributed by atoms with Gasteiger partial charge in [-0.15, -0.1) is 12.6 Å². The molecule has 2 N–H and O–H groups in total. The number of hydrogen-bond acceptors (Lipinski definition) is 3. The van der Waals surface area contributed by atoms with E-state index in [4.69, 9.17) is 5.73 Å². The van der Waals surface area contributed by atoms with Crippen molar-refractivity contribution in [2.75, 3.05) is 6.54 Å². The van der Waals surface area contributed by atoms with Gasteiger partial charge in [0.1, 0.15) is 0 Å². The highest BCUT2D eigenvalue weighted by Crippen LogP contribution is 2.26. The van der Waals surface area contributed by atoms with Crippen LogP contribution < -0.4 is 5.73 Å². The molecule has 5 heteroatoms. The Labute approximate surface area is 124 Å². The summed E-state index contributed by atoms with van der Waals surface area (Å²) in [5.41, 5.74) is 6.79. The number of hydrogen-bond donors (Lipinski definition) is 2. The van der Waals surface area contributed by atoms with Gasteiger partial charge >= 0.3 is 0 Å². The smallest absolute Gasteiger partial charge is 0.254 e. The van der Waals surface area contributed by atoms with Crippen molar-refractivity contribution in [2.24, 2.45) is 5.73 Å². The fourth-order valence-corrected chi connectivity index (χ4v) is 2.95. The Bertz CT molecular complexity index is 525. The van der Waals surface area contributed by atoms with E-state index in [-0.39, 0.29) is 18.5 Å². The van der Waals surface area contributed by atoms with Crippen LogP contribution >= 0.6 is 12.6 Å². The first-order valence-corrected chi connectivity index (χ1v) is 7.32. The Hall–Kier alpha value is -1.49. The summed E-state index contributed by atoms with van der Waals surface area (Å²) in [6.45, 7) is 1.87. The van der Waals surface area contributed by atoms with Gasteiger partial charge in [0.2, 0.25) is 5.91 Å². The van der Waals surface area contributed by atoms with Gasteiger partial charge in [0.15, 0.2) is 0 Å². The van der Waals surface area contributed by atoms with Gasteiger partial charge in [-0.2, -0.15) is 0 Å². The molecule has 1 saturated carbocycles. The maximum absolute atomic E-state index is 12.7. The maximum atomic E-state index is 12.7. The summed E-state index contributed by atoms with van der Waals surface area (Å²) < 4.78 is 0. The topological polar surface area (TPSA) is 63.4 Å². The lowest BCUT2D eigenvalue weighted by Crippen LogP contribution is -2.44. The van der Waals surface area contributed by atoms with Gasteiger partial charge in [-0.1, -0.05) is 18.9 Å². The van der Waals surface area contributed by atoms with Gasteiger partial charge in [-0.25, -0.2) is 0 Å². The summed E-state index contributed by atoms with van der Waals surface area (Å²) in [4.78, 5) is 26.4. The number of nitrogens with zero attached hydrogens (tertiary/aromatic N) is 1. The zero-order valence-corrected chi connectivity index (χ0v) is 12.5. The first-order chi connectivity index (χ1) is 9.49. The van der Waals surface area contributed by atoms with Crippen LogP contribution in [-0.4, -0.2) is 29.3 Å². The third-order valence-corrected chi connectivity index (χ3v) is 4.08. The molecule has 0 aromatic heterocycles. The van der Waals surface area contributed by atoms with Crippen LogP contribution in [0.15, 0.2) is 23.1 Å². The molecule has 1 aliphatic rings. The summed E-state index contributed by atoms with van der Waals surface area (Å²) in [6.07, 6.45) is 4.08. The standard InChI is InChI=1S/C15H20N2O2S/c1-10-6-7-12(20)8-13(10)15(19)17(9-14(16)18)11-4-2-3-5-11/h6-8,11,20H,2-5,9H2,1H3,(H2,16,18). The number of primary amides is 1. The molecule has 0 heterocycles. The molecule has 4 nitrogen and oxygen atoms in total. The first kappa shape index (κ1) is 14.9. The van der Waals surface area contributed by atoms with Crippen LogP contribution in [0.25, 0.3) is 0 Å². The summed E-state index contributed by atoms with van der Waals surface area (Å²) >= 11 is 4.28. The second kappa shape index (κ2) is 6.31. The second-order valence-electron chi connectivity index (χ2n) is 5.34. The quantitative estimate of drug-likeness (QED) is 0.835. The highest BCUT2D eigenvalue weighted by Gasteiger charge is 2.29. The minimum absolute atomic E-state index is 0.0141. The van der Waals surface area contributed by atoms with Crippen LogP contribution in [0.4, 0.5) is 0 Å². The third-order valence-electron chi connectivity index (χ3n) is 3.80. The molecule has 0 unspecified atom stereocenters. The average Bonchev–Trinajstić information content (AvgIpc) is 2.91. The van der Waals surface area contributed by atoms with E-state index in [1.807, 2.05) is 19.1 Å². The van der Waals surface area contributed by atoms with Gasteiger partial charge in [-0.3, -0.25) is 9.59 Å². The number of carbonyl (C=O) groups is 2. The van der Waals surface area contributed by atoms with E-state index in [1.54, 1.807) is 11.0 Å². The van der Waals surface area contributed by atoms with Crippen molar-refractivity contribution >= 4 is 24.4 Å². The van der Waals surface area contributed by atoms with Crippen molar-refractivity contribution in [1.82, 2.24) is 4.90 Å². The average molecular weight is 292 g/mol. The lowest BCUT2D eigenvalue weighted by molar-refractivity contribution is -0.119. The van der Waals surface area contributed by atoms with Crippen LogP contribution in [0.5, 0.6) is 0 Å². The Balaban J connectivity index is 2.29. The molecule has 0 bridgehead atoms. The summed E-state index contributed by atoms with van der Waals surface area (Å²) in [5, 5.41) is 0. The largest absolute Gasteiger partial charge is 0.368 e. The monoisotopic (exact) mass is 292 g/mol. The van der Waals surface area contributed by atoms with Crippen molar-refractivity contribution in [2.45, 2.75) is 43.5 Å². The molecule has 1 fully saturated rings. The molecule has 0 spiro atoms. The minimum Gasteiger partial charge on any atom is -0.368 e. The van der Waals surface area contributed by atoms with Crippen LogP contribution in [0, 0.1) is 6.92 Å². The van der Waals surface area contributed by atoms with Gasteiger partial charge in [0, 0.05) is 16.5 Å². The molecule has 108 valence electrons. The molecular formula is C15H20N2O2S.